The van der Waals surface area contributed by atoms with Gasteiger partial charge in [-0.25, -0.2) is 9.59 Å². The average molecular weight is 335 g/mol. The number of ether oxygens (including phenoxy) is 2. The molecule has 132 valence electrons. The molecular weight excluding hydrogens is 310 g/mol. The van der Waals surface area contributed by atoms with Crippen molar-refractivity contribution in [2.75, 3.05) is 13.7 Å². The van der Waals surface area contributed by atoms with Crippen LogP contribution in [0.5, 0.6) is 0 Å². The first-order valence-electron chi connectivity index (χ1n) is 7.91. The summed E-state index contributed by atoms with van der Waals surface area (Å²) in [7, 11) is 1.27. The number of amides is 1. The summed E-state index contributed by atoms with van der Waals surface area (Å²) in [6, 6.07) is 4.43. The lowest BCUT2D eigenvalue weighted by atomic mass is 9.99. The molecular formula is C18H25NO5. The fraction of sp³-hybridized carbons (Fsp3) is 0.500. The molecule has 0 saturated carbocycles. The summed E-state index contributed by atoms with van der Waals surface area (Å²) in [6.45, 7) is 7.14. The molecule has 1 aromatic carbocycles. The number of hydrogen-bond donors (Lipinski definition) is 1. The van der Waals surface area contributed by atoms with Crippen LogP contribution in [0.3, 0.4) is 0 Å². The van der Waals surface area contributed by atoms with Gasteiger partial charge in [0.05, 0.1) is 12.7 Å². The number of benzene rings is 1. The van der Waals surface area contributed by atoms with Crippen molar-refractivity contribution in [1.82, 2.24) is 5.32 Å². The van der Waals surface area contributed by atoms with Crippen molar-refractivity contribution in [2.24, 2.45) is 5.92 Å². The molecule has 0 fully saturated rings. The van der Waals surface area contributed by atoms with Gasteiger partial charge in [-0.05, 0) is 43.0 Å². The highest BCUT2D eigenvalue weighted by Crippen LogP contribution is 2.11. The Morgan fingerprint density at radius 3 is 2.38 bits per heavy atom. The average Bonchev–Trinajstić information content (AvgIpc) is 2.58. The molecule has 1 N–H and O–H groups in total. The standard InChI is InChI=1S/C18H25NO5/c1-6-11(2)16(18(22)23-5)19-15(20)10-24-17(21)14-8-7-12(3)13(4)9-14/h7-9,11,16H,6,10H2,1-5H3,(H,19,20)/t11-,16+/m0/s1. The lowest BCUT2D eigenvalue weighted by Crippen LogP contribution is -2.47. The summed E-state index contributed by atoms with van der Waals surface area (Å²) >= 11 is 0. The monoisotopic (exact) mass is 335 g/mol. The normalized spacial score (nSPS) is 12.9. The van der Waals surface area contributed by atoms with Crippen LogP contribution >= 0.6 is 0 Å². The Kier molecular flexibility index (Phi) is 7.42. The van der Waals surface area contributed by atoms with Crippen LogP contribution < -0.4 is 5.32 Å². The first-order valence-corrected chi connectivity index (χ1v) is 7.91. The van der Waals surface area contributed by atoms with Gasteiger partial charge < -0.3 is 14.8 Å². The van der Waals surface area contributed by atoms with Gasteiger partial charge >= 0.3 is 11.9 Å². The first-order chi connectivity index (χ1) is 11.3. The predicted molar refractivity (Wildman–Crippen MR) is 89.6 cm³/mol. The Bertz CT molecular complexity index is 611. The smallest absolute Gasteiger partial charge is 0.338 e. The van der Waals surface area contributed by atoms with E-state index in [1.165, 1.54) is 7.11 Å². The van der Waals surface area contributed by atoms with Crippen LogP contribution in [0.1, 0.15) is 41.8 Å². The van der Waals surface area contributed by atoms with E-state index >= 15 is 0 Å². The maximum atomic E-state index is 12.0. The topological polar surface area (TPSA) is 81.7 Å². The number of nitrogens with one attached hydrogen (secondary N) is 1. The van der Waals surface area contributed by atoms with Gasteiger partial charge in [-0.15, -0.1) is 0 Å². The zero-order valence-corrected chi connectivity index (χ0v) is 14.8. The molecule has 6 heteroatoms. The van der Waals surface area contributed by atoms with Crippen LogP contribution in [-0.4, -0.2) is 37.6 Å². The van der Waals surface area contributed by atoms with Gasteiger partial charge in [0, 0.05) is 0 Å². The molecule has 24 heavy (non-hydrogen) atoms. The predicted octanol–water partition coefficient (Wildman–Crippen LogP) is 2.16. The van der Waals surface area contributed by atoms with E-state index < -0.39 is 30.5 Å². The number of methoxy groups -OCH3 is 1. The molecule has 0 unspecified atom stereocenters. The fourth-order valence-corrected chi connectivity index (χ4v) is 2.09. The Hall–Kier alpha value is -2.37. The van der Waals surface area contributed by atoms with Gasteiger partial charge in [-0.2, -0.15) is 0 Å². The van der Waals surface area contributed by atoms with Crippen molar-refractivity contribution < 1.29 is 23.9 Å². The molecule has 0 radical (unpaired) electrons. The first kappa shape index (κ1) is 19.7. The third-order valence-corrected chi connectivity index (χ3v) is 4.06. The van der Waals surface area contributed by atoms with Crippen LogP contribution in [0.2, 0.25) is 0 Å². The van der Waals surface area contributed by atoms with Crippen molar-refractivity contribution in [3.05, 3.63) is 34.9 Å². The summed E-state index contributed by atoms with van der Waals surface area (Å²) < 4.78 is 9.70. The second kappa shape index (κ2) is 9.05. The highest BCUT2D eigenvalue weighted by atomic mass is 16.5. The van der Waals surface area contributed by atoms with E-state index in [4.69, 9.17) is 9.47 Å². The minimum absolute atomic E-state index is 0.0863. The lowest BCUT2D eigenvalue weighted by Gasteiger charge is -2.21. The largest absolute Gasteiger partial charge is 0.467 e. The molecule has 0 spiro atoms. The summed E-state index contributed by atoms with van der Waals surface area (Å²) in [4.78, 5) is 35.7. The Balaban J connectivity index is 2.62. The SMILES string of the molecule is CC[C@H](C)[C@@H](NC(=O)COC(=O)c1ccc(C)c(C)c1)C(=O)OC. The second-order valence-electron chi connectivity index (χ2n) is 5.83. The Labute approximate surface area is 142 Å². The zero-order valence-electron chi connectivity index (χ0n) is 14.8. The van der Waals surface area contributed by atoms with E-state index in [0.717, 1.165) is 11.1 Å². The van der Waals surface area contributed by atoms with E-state index in [1.807, 2.05) is 33.8 Å². The number of carbonyl (C=O) groups is 3. The van der Waals surface area contributed by atoms with E-state index in [2.05, 4.69) is 5.32 Å². The second-order valence-corrected chi connectivity index (χ2v) is 5.83. The molecule has 0 aromatic heterocycles. The maximum Gasteiger partial charge on any atom is 0.338 e. The van der Waals surface area contributed by atoms with Gasteiger partial charge in [-0.3, -0.25) is 4.79 Å². The molecule has 2 atom stereocenters. The summed E-state index contributed by atoms with van der Waals surface area (Å²) in [5, 5.41) is 2.56. The number of rotatable bonds is 7. The lowest BCUT2D eigenvalue weighted by molar-refractivity contribution is -0.147. The van der Waals surface area contributed by atoms with Gasteiger partial charge in [0.15, 0.2) is 6.61 Å². The van der Waals surface area contributed by atoms with Crippen LogP contribution in [-0.2, 0) is 19.1 Å². The summed E-state index contributed by atoms with van der Waals surface area (Å²) in [5.41, 5.74) is 2.42. The third kappa shape index (κ3) is 5.37. The highest BCUT2D eigenvalue weighted by Gasteiger charge is 2.27. The van der Waals surface area contributed by atoms with Crippen molar-refractivity contribution in [3.63, 3.8) is 0 Å². The van der Waals surface area contributed by atoms with Crippen molar-refractivity contribution in [3.8, 4) is 0 Å². The highest BCUT2D eigenvalue weighted by molar-refractivity contribution is 5.92. The van der Waals surface area contributed by atoms with Crippen molar-refractivity contribution in [1.29, 1.82) is 0 Å². The minimum atomic E-state index is -0.757. The Morgan fingerprint density at radius 1 is 1.17 bits per heavy atom. The van der Waals surface area contributed by atoms with Gasteiger partial charge in [0.25, 0.3) is 5.91 Å². The van der Waals surface area contributed by atoms with E-state index in [0.29, 0.717) is 12.0 Å². The molecule has 0 bridgehead atoms. The summed E-state index contributed by atoms with van der Waals surface area (Å²) in [5.74, 6) is -1.72. The van der Waals surface area contributed by atoms with Gasteiger partial charge in [0.2, 0.25) is 0 Å². The summed E-state index contributed by atoms with van der Waals surface area (Å²) in [6.07, 6.45) is 0.697. The molecule has 0 aliphatic carbocycles. The number of carbonyl (C=O) groups excluding carboxylic acids is 3. The number of hydrogen-bond acceptors (Lipinski definition) is 5. The molecule has 0 saturated heterocycles. The van der Waals surface area contributed by atoms with Crippen molar-refractivity contribution in [2.45, 2.75) is 40.2 Å². The molecule has 0 aliphatic heterocycles. The number of aryl methyl sites for hydroxylation is 2. The number of esters is 2. The van der Waals surface area contributed by atoms with Crippen molar-refractivity contribution >= 4 is 17.8 Å². The zero-order chi connectivity index (χ0) is 18.3. The quantitative estimate of drug-likeness (QED) is 0.772. The van der Waals surface area contributed by atoms with E-state index in [9.17, 15) is 14.4 Å². The Morgan fingerprint density at radius 2 is 1.83 bits per heavy atom. The van der Waals surface area contributed by atoms with Crippen LogP contribution in [0, 0.1) is 19.8 Å². The minimum Gasteiger partial charge on any atom is -0.467 e. The maximum absolute atomic E-state index is 12.0. The van der Waals surface area contributed by atoms with Crippen LogP contribution in [0.25, 0.3) is 0 Å². The van der Waals surface area contributed by atoms with Gasteiger partial charge in [0.1, 0.15) is 6.04 Å². The molecule has 0 aliphatic rings. The fourth-order valence-electron chi connectivity index (χ4n) is 2.09. The van der Waals surface area contributed by atoms with Crippen LogP contribution in [0.4, 0.5) is 0 Å². The van der Waals surface area contributed by atoms with E-state index in [1.54, 1.807) is 12.1 Å². The third-order valence-electron chi connectivity index (χ3n) is 4.06. The molecule has 6 nitrogen and oxygen atoms in total. The molecule has 0 heterocycles. The molecule has 1 aromatic rings. The molecule has 1 amide bonds. The van der Waals surface area contributed by atoms with Crippen LogP contribution in [0.15, 0.2) is 18.2 Å². The van der Waals surface area contributed by atoms with E-state index in [-0.39, 0.29) is 5.92 Å². The molecule has 1 rings (SSSR count). The van der Waals surface area contributed by atoms with Gasteiger partial charge in [-0.1, -0.05) is 26.3 Å².